The molecular formula is C21H16ClN7O6. The predicted molar refractivity (Wildman–Crippen MR) is 124 cm³/mol. The first-order chi connectivity index (χ1) is 16.7. The molecule has 178 valence electrons. The van der Waals surface area contributed by atoms with Gasteiger partial charge in [-0.1, -0.05) is 41.9 Å². The largest absolute Gasteiger partial charge is 0.342 e. The molecule has 0 unspecified atom stereocenters. The number of rotatable bonds is 7. The molecule has 14 heteroatoms. The number of non-ortho nitro benzene ring substituents is 2. The van der Waals surface area contributed by atoms with Gasteiger partial charge in [0, 0.05) is 37.0 Å². The number of nitro groups is 3. The average Bonchev–Trinajstić information content (AvgIpc) is 3.17. The van der Waals surface area contributed by atoms with Gasteiger partial charge in [0.15, 0.2) is 5.03 Å². The fourth-order valence-corrected chi connectivity index (χ4v) is 4.05. The molecule has 1 saturated heterocycles. The quantitative estimate of drug-likeness (QED) is 0.288. The Labute approximate surface area is 202 Å². The van der Waals surface area contributed by atoms with E-state index in [1.54, 1.807) is 29.2 Å². The first kappa shape index (κ1) is 23.5. The standard InChI is InChI=1S/C21H16ClN7O6/c22-18-8-7-13(11-23-18)12-26-20(15-4-2-6-17(10-15)28(32)33)19(24-21(26)25-29(34)35)14-3-1-5-16(9-14)27(30)31/h1-11,19-20H,12H2,(H,24,25)/t19-,20-/m0/s1. The number of nitro benzene ring substituents is 2. The van der Waals surface area contributed by atoms with Gasteiger partial charge >= 0.3 is 0 Å². The lowest BCUT2D eigenvalue weighted by atomic mass is 9.93. The molecule has 0 spiro atoms. The second-order valence-corrected chi connectivity index (χ2v) is 7.94. The zero-order chi connectivity index (χ0) is 25.1. The smallest absolute Gasteiger partial charge is 0.272 e. The van der Waals surface area contributed by atoms with Crippen LogP contribution in [0.3, 0.4) is 0 Å². The van der Waals surface area contributed by atoms with E-state index in [1.165, 1.54) is 42.6 Å². The van der Waals surface area contributed by atoms with Crippen LogP contribution >= 0.6 is 11.6 Å². The van der Waals surface area contributed by atoms with E-state index >= 15 is 0 Å². The number of pyridine rings is 1. The fourth-order valence-electron chi connectivity index (χ4n) is 3.94. The summed E-state index contributed by atoms with van der Waals surface area (Å²) in [6.07, 6.45) is 1.50. The van der Waals surface area contributed by atoms with Crippen molar-refractivity contribution in [1.29, 1.82) is 0 Å². The predicted octanol–water partition coefficient (Wildman–Crippen LogP) is 3.99. The zero-order valence-electron chi connectivity index (χ0n) is 17.7. The summed E-state index contributed by atoms with van der Waals surface area (Å²) in [6, 6.07) is 13.4. The third kappa shape index (κ3) is 5.14. The number of guanidine groups is 1. The number of aromatic nitrogens is 1. The topological polar surface area (TPSA) is 170 Å². The lowest BCUT2D eigenvalue weighted by Crippen LogP contribution is -2.32. The highest BCUT2D eigenvalue weighted by Gasteiger charge is 2.42. The van der Waals surface area contributed by atoms with Crippen molar-refractivity contribution in [1.82, 2.24) is 15.2 Å². The summed E-state index contributed by atoms with van der Waals surface area (Å²) in [5, 5.41) is 39.9. The van der Waals surface area contributed by atoms with E-state index in [0.29, 0.717) is 16.7 Å². The maximum absolute atomic E-state index is 11.4. The molecule has 0 saturated carbocycles. The van der Waals surface area contributed by atoms with Crippen molar-refractivity contribution in [2.45, 2.75) is 18.6 Å². The summed E-state index contributed by atoms with van der Waals surface area (Å²) in [5.74, 6) is -0.113. The Bertz CT molecular complexity index is 1330. The third-order valence-electron chi connectivity index (χ3n) is 5.39. The van der Waals surface area contributed by atoms with Gasteiger partial charge in [0.1, 0.15) is 10.3 Å². The Hall–Kier alpha value is -4.65. The van der Waals surface area contributed by atoms with Crippen LogP contribution in [0.25, 0.3) is 0 Å². The molecule has 1 N–H and O–H groups in total. The van der Waals surface area contributed by atoms with E-state index in [1.807, 2.05) is 0 Å². The van der Waals surface area contributed by atoms with Gasteiger partial charge in [-0.15, -0.1) is 0 Å². The van der Waals surface area contributed by atoms with Crippen molar-refractivity contribution in [3.63, 3.8) is 0 Å². The summed E-state index contributed by atoms with van der Waals surface area (Å²) < 4.78 is 0. The Kier molecular flexibility index (Phi) is 6.51. The fraction of sp³-hybridized carbons (Fsp3) is 0.143. The molecule has 3 aromatic rings. The molecule has 4 rings (SSSR count). The van der Waals surface area contributed by atoms with E-state index < -0.39 is 27.0 Å². The van der Waals surface area contributed by atoms with Gasteiger partial charge in [-0.25, -0.2) is 15.1 Å². The van der Waals surface area contributed by atoms with Gasteiger partial charge in [0.25, 0.3) is 17.3 Å². The number of benzene rings is 2. The van der Waals surface area contributed by atoms with Crippen LogP contribution in [-0.2, 0) is 6.54 Å². The number of nitrogens with one attached hydrogen (secondary N) is 1. The Balaban J connectivity index is 1.87. The van der Waals surface area contributed by atoms with E-state index in [2.05, 4.69) is 15.4 Å². The van der Waals surface area contributed by atoms with Gasteiger partial charge < -0.3 is 10.2 Å². The van der Waals surface area contributed by atoms with Gasteiger partial charge in [-0.05, 0) is 22.8 Å². The molecule has 1 aromatic heterocycles. The van der Waals surface area contributed by atoms with Crippen molar-refractivity contribution in [2.75, 3.05) is 0 Å². The van der Waals surface area contributed by atoms with Crippen LogP contribution < -0.4 is 5.32 Å². The van der Waals surface area contributed by atoms with Gasteiger partial charge in [0.2, 0.25) is 0 Å². The summed E-state index contributed by atoms with van der Waals surface area (Å²) >= 11 is 5.87. The van der Waals surface area contributed by atoms with Gasteiger partial charge in [0.05, 0.1) is 21.9 Å². The SMILES string of the molecule is O=[N+]([O-])/N=C1\N[C@@H](c2cccc([N+](=O)[O-])c2)[C@H](c2cccc([N+](=O)[O-])c2)N1Cc1ccc(Cl)nc1. The van der Waals surface area contributed by atoms with Crippen molar-refractivity contribution in [2.24, 2.45) is 5.10 Å². The third-order valence-corrected chi connectivity index (χ3v) is 5.61. The summed E-state index contributed by atoms with van der Waals surface area (Å²) in [4.78, 5) is 38.6. The summed E-state index contributed by atoms with van der Waals surface area (Å²) in [5.41, 5.74) is 1.20. The molecule has 35 heavy (non-hydrogen) atoms. The molecule has 2 aromatic carbocycles. The van der Waals surface area contributed by atoms with Gasteiger partial charge in [-0.2, -0.15) is 0 Å². The molecule has 0 radical (unpaired) electrons. The number of hydrazone groups is 1. The molecule has 2 heterocycles. The van der Waals surface area contributed by atoms with Crippen molar-refractivity contribution >= 4 is 28.9 Å². The molecule has 1 aliphatic heterocycles. The lowest BCUT2D eigenvalue weighted by molar-refractivity contribution is -0.485. The number of halogens is 1. The van der Waals surface area contributed by atoms with Crippen LogP contribution in [0.15, 0.2) is 72.0 Å². The van der Waals surface area contributed by atoms with Crippen LogP contribution in [0.1, 0.15) is 28.8 Å². The van der Waals surface area contributed by atoms with Gasteiger partial charge in [-0.3, -0.25) is 20.2 Å². The lowest BCUT2D eigenvalue weighted by Gasteiger charge is -2.27. The number of hydrogen-bond acceptors (Lipinski definition) is 7. The Morgan fingerprint density at radius 3 is 2.14 bits per heavy atom. The van der Waals surface area contributed by atoms with Crippen LogP contribution in [-0.4, -0.2) is 30.7 Å². The molecule has 13 nitrogen and oxygen atoms in total. The van der Waals surface area contributed by atoms with Crippen molar-refractivity contribution in [3.8, 4) is 0 Å². The first-order valence-corrected chi connectivity index (χ1v) is 10.5. The van der Waals surface area contributed by atoms with E-state index in [-0.39, 0.29) is 29.0 Å². The Morgan fingerprint density at radius 2 is 1.57 bits per heavy atom. The zero-order valence-corrected chi connectivity index (χ0v) is 18.5. The average molecular weight is 498 g/mol. The van der Waals surface area contributed by atoms with Crippen LogP contribution in [0.2, 0.25) is 5.15 Å². The number of hydrogen-bond donors (Lipinski definition) is 1. The second-order valence-electron chi connectivity index (χ2n) is 7.55. The minimum atomic E-state index is -0.865. The maximum atomic E-state index is 11.4. The van der Waals surface area contributed by atoms with Crippen LogP contribution in [0.4, 0.5) is 11.4 Å². The maximum Gasteiger partial charge on any atom is 0.272 e. The second kappa shape index (κ2) is 9.69. The highest BCUT2D eigenvalue weighted by Crippen LogP contribution is 2.41. The van der Waals surface area contributed by atoms with Crippen molar-refractivity contribution in [3.05, 3.63) is 119 Å². The minimum Gasteiger partial charge on any atom is -0.342 e. The monoisotopic (exact) mass is 497 g/mol. The van der Waals surface area contributed by atoms with E-state index in [9.17, 15) is 30.3 Å². The Morgan fingerprint density at radius 1 is 0.943 bits per heavy atom. The molecular weight excluding hydrogens is 482 g/mol. The molecule has 2 atom stereocenters. The molecule has 0 bridgehead atoms. The first-order valence-electron chi connectivity index (χ1n) is 10.1. The van der Waals surface area contributed by atoms with E-state index in [4.69, 9.17) is 11.6 Å². The summed E-state index contributed by atoms with van der Waals surface area (Å²) in [6.45, 7) is 0.0859. The highest BCUT2D eigenvalue weighted by molar-refractivity contribution is 6.29. The van der Waals surface area contributed by atoms with E-state index in [0.717, 1.165) is 0 Å². The normalized spacial score (nSPS) is 18.3. The molecule has 0 amide bonds. The van der Waals surface area contributed by atoms with Crippen molar-refractivity contribution < 1.29 is 14.9 Å². The number of nitrogens with zero attached hydrogens (tertiary/aromatic N) is 6. The molecule has 0 aliphatic carbocycles. The summed E-state index contributed by atoms with van der Waals surface area (Å²) in [7, 11) is 0. The van der Waals surface area contributed by atoms with Crippen LogP contribution in [0.5, 0.6) is 0 Å². The highest BCUT2D eigenvalue weighted by atomic mass is 35.5. The minimum absolute atomic E-state index is 0.0859. The van der Waals surface area contributed by atoms with Crippen LogP contribution in [0, 0.1) is 30.3 Å². The molecule has 1 aliphatic rings. The molecule has 1 fully saturated rings.